The molecule has 1 aromatic carbocycles. The molecule has 86 valence electrons. The van der Waals surface area contributed by atoms with Crippen molar-refractivity contribution in [2.75, 3.05) is 0 Å². The summed E-state index contributed by atoms with van der Waals surface area (Å²) in [5.41, 5.74) is 2.98. The minimum atomic E-state index is -3.81. The van der Waals surface area contributed by atoms with Gasteiger partial charge in [-0.25, -0.2) is 0 Å². The van der Waals surface area contributed by atoms with Gasteiger partial charge in [0.15, 0.2) is 0 Å². The van der Waals surface area contributed by atoms with Crippen LogP contribution in [0.15, 0.2) is 24.3 Å². The molecule has 0 radical (unpaired) electrons. The fourth-order valence-electron chi connectivity index (χ4n) is 1.25. The van der Waals surface area contributed by atoms with Crippen molar-refractivity contribution in [3.8, 4) is 0 Å². The van der Waals surface area contributed by atoms with E-state index >= 15 is 0 Å². The van der Waals surface area contributed by atoms with Gasteiger partial charge >= 0.3 is 6.72 Å². The second-order valence-electron chi connectivity index (χ2n) is 2.99. The van der Waals surface area contributed by atoms with Crippen LogP contribution in [0.3, 0.4) is 0 Å². The van der Waals surface area contributed by atoms with Crippen molar-refractivity contribution < 1.29 is 14.7 Å². The highest BCUT2D eigenvalue weighted by molar-refractivity contribution is 8.06. The van der Waals surface area contributed by atoms with Gasteiger partial charge in [-0.05, 0) is 35.8 Å². The third-order valence-corrected chi connectivity index (χ3v) is 1.88. The number of rotatable bonds is 2. The summed E-state index contributed by atoms with van der Waals surface area (Å²) < 4.78 is 0. The highest BCUT2D eigenvalue weighted by atomic mass is 32.5. The minimum Gasteiger partial charge on any atom is -0.325 e. The molecule has 0 aliphatic rings. The number of benzene rings is 1. The molecule has 5 heteroatoms. The van der Waals surface area contributed by atoms with Crippen molar-refractivity contribution in [2.45, 2.75) is 26.7 Å². The first-order valence-electron chi connectivity index (χ1n) is 4.73. The molecular formula is C10H17O3PS. The zero-order valence-electron chi connectivity index (χ0n) is 8.92. The van der Waals surface area contributed by atoms with E-state index in [1.165, 1.54) is 11.1 Å². The van der Waals surface area contributed by atoms with Gasteiger partial charge in [0.25, 0.3) is 0 Å². The number of hydrogen-bond donors (Lipinski definition) is 3. The molecule has 0 atom stereocenters. The van der Waals surface area contributed by atoms with E-state index in [4.69, 9.17) is 14.7 Å². The van der Waals surface area contributed by atoms with Crippen molar-refractivity contribution >= 4 is 18.5 Å². The molecule has 0 aliphatic carbocycles. The van der Waals surface area contributed by atoms with Gasteiger partial charge in [-0.1, -0.05) is 38.1 Å². The summed E-state index contributed by atoms with van der Waals surface area (Å²) in [6, 6.07) is 8.63. The van der Waals surface area contributed by atoms with E-state index in [1.54, 1.807) is 0 Å². The highest BCUT2D eigenvalue weighted by Crippen LogP contribution is 2.26. The van der Waals surface area contributed by atoms with E-state index in [0.717, 1.165) is 12.8 Å². The van der Waals surface area contributed by atoms with Gasteiger partial charge in [-0.3, -0.25) is 0 Å². The molecule has 3 N–H and O–H groups in total. The van der Waals surface area contributed by atoms with Crippen molar-refractivity contribution in [1.29, 1.82) is 0 Å². The second kappa shape index (κ2) is 7.09. The molecule has 0 aromatic heterocycles. The summed E-state index contributed by atoms with van der Waals surface area (Å²) in [5.74, 6) is 0. The molecule has 0 heterocycles. The summed E-state index contributed by atoms with van der Waals surface area (Å²) in [6.45, 7) is 0.600. The molecule has 0 saturated heterocycles. The minimum absolute atomic E-state index is 1.16. The summed E-state index contributed by atoms with van der Waals surface area (Å²) in [4.78, 5) is 22.7. The number of hydrogen-bond acceptors (Lipinski definition) is 1. The topological polar surface area (TPSA) is 60.7 Å². The molecule has 0 saturated carbocycles. The summed E-state index contributed by atoms with van der Waals surface area (Å²) in [7, 11) is 0. The quantitative estimate of drug-likeness (QED) is 0.701. The Kier molecular flexibility index (Phi) is 6.98. The Morgan fingerprint density at radius 2 is 1.27 bits per heavy atom. The standard InChI is InChI=1S/C10H14.H3O3PS/c1-3-9-7-5-6-8-10(9)4-2;1-4(2,3)5/h5-8H,3-4H2,1-2H3;(H3,1,2,3,5). The van der Waals surface area contributed by atoms with Gasteiger partial charge in [0, 0.05) is 0 Å². The Balaban J connectivity index is 0.000000336. The van der Waals surface area contributed by atoms with Gasteiger partial charge in [0.2, 0.25) is 0 Å². The van der Waals surface area contributed by atoms with E-state index in [9.17, 15) is 0 Å². The molecule has 0 aliphatic heterocycles. The van der Waals surface area contributed by atoms with Crippen molar-refractivity contribution in [1.82, 2.24) is 0 Å². The molecular weight excluding hydrogens is 231 g/mol. The van der Waals surface area contributed by atoms with E-state index in [-0.39, 0.29) is 0 Å². The van der Waals surface area contributed by atoms with Gasteiger partial charge < -0.3 is 14.7 Å². The SMILES string of the molecule is CCc1ccccc1CC.OP(O)(O)=S. The number of aryl methyl sites for hydroxylation is 2. The van der Waals surface area contributed by atoms with Crippen LogP contribution in [0.25, 0.3) is 0 Å². The largest absolute Gasteiger partial charge is 0.325 e. The maximum Gasteiger partial charge on any atom is 0.319 e. The van der Waals surface area contributed by atoms with Crippen LogP contribution in [0.4, 0.5) is 0 Å². The summed E-state index contributed by atoms with van der Waals surface area (Å²) in [6.07, 6.45) is 2.31. The van der Waals surface area contributed by atoms with E-state index < -0.39 is 6.72 Å². The van der Waals surface area contributed by atoms with Crippen LogP contribution in [-0.4, -0.2) is 14.7 Å². The molecule has 1 aromatic rings. The lowest BCUT2D eigenvalue weighted by atomic mass is 10.0. The third-order valence-electron chi connectivity index (χ3n) is 1.88. The zero-order chi connectivity index (χ0) is 11.9. The van der Waals surface area contributed by atoms with Crippen LogP contribution in [0.2, 0.25) is 0 Å². The van der Waals surface area contributed by atoms with Crippen LogP contribution in [0, 0.1) is 0 Å². The summed E-state index contributed by atoms with van der Waals surface area (Å²) in [5, 5.41) is 0. The molecule has 0 bridgehead atoms. The van der Waals surface area contributed by atoms with Crippen molar-refractivity contribution in [3.05, 3.63) is 35.4 Å². The predicted molar refractivity (Wildman–Crippen MR) is 66.1 cm³/mol. The Bertz CT molecular complexity index is 304. The first kappa shape index (κ1) is 14.8. The van der Waals surface area contributed by atoms with Crippen LogP contribution in [0.1, 0.15) is 25.0 Å². The van der Waals surface area contributed by atoms with Gasteiger partial charge in [0.05, 0.1) is 0 Å². The first-order valence-corrected chi connectivity index (χ1v) is 7.39. The van der Waals surface area contributed by atoms with Crippen molar-refractivity contribution in [2.24, 2.45) is 0 Å². The maximum absolute atomic E-state index is 7.56. The van der Waals surface area contributed by atoms with Crippen molar-refractivity contribution in [3.63, 3.8) is 0 Å². The van der Waals surface area contributed by atoms with Gasteiger partial charge in [-0.2, -0.15) is 0 Å². The lowest BCUT2D eigenvalue weighted by Crippen LogP contribution is -1.88. The van der Waals surface area contributed by atoms with E-state index in [1.807, 2.05) is 0 Å². The summed E-state index contributed by atoms with van der Waals surface area (Å²) >= 11 is 3.60. The Hall–Kier alpha value is -0.250. The molecule has 15 heavy (non-hydrogen) atoms. The fourth-order valence-corrected chi connectivity index (χ4v) is 1.25. The molecule has 0 amide bonds. The Morgan fingerprint density at radius 1 is 1.00 bits per heavy atom. The highest BCUT2D eigenvalue weighted by Gasteiger charge is 1.94. The Morgan fingerprint density at radius 3 is 1.47 bits per heavy atom. The molecule has 0 fully saturated rings. The Labute approximate surface area is 95.7 Å². The third kappa shape index (κ3) is 8.73. The van der Waals surface area contributed by atoms with Gasteiger partial charge in [-0.15, -0.1) is 0 Å². The van der Waals surface area contributed by atoms with Crippen LogP contribution in [0.5, 0.6) is 0 Å². The first-order chi connectivity index (χ1) is 6.88. The molecule has 0 unspecified atom stereocenters. The van der Waals surface area contributed by atoms with Crippen LogP contribution >= 0.6 is 6.72 Å². The average molecular weight is 248 g/mol. The zero-order valence-corrected chi connectivity index (χ0v) is 10.6. The van der Waals surface area contributed by atoms with E-state index in [0.29, 0.717) is 0 Å². The lowest BCUT2D eigenvalue weighted by molar-refractivity contribution is 0.363. The lowest BCUT2D eigenvalue weighted by Gasteiger charge is -2.02. The maximum atomic E-state index is 7.56. The monoisotopic (exact) mass is 248 g/mol. The molecule has 3 nitrogen and oxygen atoms in total. The van der Waals surface area contributed by atoms with Crippen LogP contribution < -0.4 is 0 Å². The van der Waals surface area contributed by atoms with Crippen LogP contribution in [-0.2, 0) is 24.6 Å². The predicted octanol–water partition coefficient (Wildman–Crippen LogP) is 2.00. The second-order valence-corrected chi connectivity index (χ2v) is 5.49. The smallest absolute Gasteiger partial charge is 0.319 e. The van der Waals surface area contributed by atoms with Gasteiger partial charge in [0.1, 0.15) is 0 Å². The fraction of sp³-hybridized carbons (Fsp3) is 0.400. The molecule has 1 rings (SSSR count). The van der Waals surface area contributed by atoms with E-state index in [2.05, 4.69) is 49.9 Å². The molecule has 0 spiro atoms. The normalized spacial score (nSPS) is 10.5. The average Bonchev–Trinajstić information content (AvgIpc) is 2.15.